The Morgan fingerprint density at radius 2 is 1.62 bits per heavy atom. The second-order valence-electron chi connectivity index (χ2n) is 5.73. The van der Waals surface area contributed by atoms with Crippen LogP contribution in [0, 0.1) is 0 Å². The summed E-state index contributed by atoms with van der Waals surface area (Å²) in [6.07, 6.45) is 4.83. The lowest BCUT2D eigenvalue weighted by atomic mass is 9.98. The van der Waals surface area contributed by atoms with E-state index in [1.807, 2.05) is 0 Å². The Morgan fingerprint density at radius 3 is 2.35 bits per heavy atom. The van der Waals surface area contributed by atoms with Crippen molar-refractivity contribution in [2.24, 2.45) is 0 Å². The van der Waals surface area contributed by atoms with Gasteiger partial charge in [0.15, 0.2) is 5.78 Å². The lowest BCUT2D eigenvalue weighted by Crippen LogP contribution is -2.14. The summed E-state index contributed by atoms with van der Waals surface area (Å²) < 4.78 is 10.2. The Balaban J connectivity index is 2.09. The second-order valence-corrected chi connectivity index (χ2v) is 5.73. The molecule has 135 valence electrons. The maximum absolute atomic E-state index is 12.7. The fourth-order valence-electron chi connectivity index (χ4n) is 2.46. The van der Waals surface area contributed by atoms with E-state index in [1.165, 1.54) is 24.3 Å². The van der Waals surface area contributed by atoms with Crippen molar-refractivity contribution in [1.82, 2.24) is 0 Å². The van der Waals surface area contributed by atoms with Crippen LogP contribution >= 0.6 is 0 Å². The van der Waals surface area contributed by atoms with Gasteiger partial charge in [-0.1, -0.05) is 62.6 Å². The predicted molar refractivity (Wildman–Crippen MR) is 97.2 cm³/mol. The van der Waals surface area contributed by atoms with Gasteiger partial charge in [-0.25, -0.2) is 4.79 Å². The first-order chi connectivity index (χ1) is 12.7. The number of unbranched alkanes of at least 4 members (excludes halogenated alkanes) is 3. The number of benzene rings is 2. The van der Waals surface area contributed by atoms with Crippen molar-refractivity contribution in [3.05, 3.63) is 65.2 Å². The summed E-state index contributed by atoms with van der Waals surface area (Å²) in [5.41, 5.74) is 0.537. The molecule has 0 unspecified atom stereocenters. The average molecular weight is 353 g/mol. The van der Waals surface area contributed by atoms with Gasteiger partial charge in [-0.15, -0.1) is 0 Å². The van der Waals surface area contributed by atoms with Gasteiger partial charge in [0.05, 0.1) is 12.2 Å². The largest absolute Gasteiger partial charge is 0.513 e. The van der Waals surface area contributed by atoms with Crippen LogP contribution in [0.25, 0.3) is 0 Å². The molecule has 2 rings (SSSR count). The van der Waals surface area contributed by atoms with Gasteiger partial charge >= 0.3 is 6.16 Å². The predicted octanol–water partition coefficient (Wildman–Crippen LogP) is 4.47. The Kier molecular flexibility index (Phi) is 7.55. The van der Waals surface area contributed by atoms with Crippen molar-refractivity contribution in [3.8, 4) is 5.75 Å². The van der Waals surface area contributed by atoms with Crippen LogP contribution in [0.4, 0.5) is 4.79 Å². The number of hydrogen-bond donors (Lipinski definition) is 0. The molecule has 0 aliphatic heterocycles. The third kappa shape index (κ3) is 5.28. The molecule has 2 aromatic carbocycles. The van der Waals surface area contributed by atoms with Crippen molar-refractivity contribution in [2.45, 2.75) is 32.6 Å². The van der Waals surface area contributed by atoms with Gasteiger partial charge in [0.1, 0.15) is 5.75 Å². The minimum Gasteiger partial charge on any atom is -0.434 e. The van der Waals surface area contributed by atoms with Crippen LogP contribution in [0.1, 0.15) is 54.1 Å². The molecule has 1 radical (unpaired) electrons. The lowest BCUT2D eigenvalue weighted by Gasteiger charge is -2.10. The molecule has 0 aromatic heterocycles. The van der Waals surface area contributed by atoms with E-state index >= 15 is 0 Å². The molecule has 5 heteroatoms. The Morgan fingerprint density at radius 1 is 0.923 bits per heavy atom. The van der Waals surface area contributed by atoms with E-state index in [-0.39, 0.29) is 29.0 Å². The number of carbonyl (C=O) groups excluding carboxylic acids is 3. The number of ketones is 1. The summed E-state index contributed by atoms with van der Waals surface area (Å²) in [6.45, 7) is 2.38. The summed E-state index contributed by atoms with van der Waals surface area (Å²) >= 11 is 0. The van der Waals surface area contributed by atoms with Crippen LogP contribution in [-0.2, 0) is 9.53 Å². The number of rotatable bonds is 9. The Bertz CT molecular complexity index is 767. The maximum atomic E-state index is 12.7. The van der Waals surface area contributed by atoms with Crippen molar-refractivity contribution in [2.75, 3.05) is 6.61 Å². The highest BCUT2D eigenvalue weighted by molar-refractivity contribution is 6.14. The van der Waals surface area contributed by atoms with Gasteiger partial charge in [-0.3, -0.25) is 9.59 Å². The SMILES string of the molecule is CCCCCCOC(=O)Oc1ccccc1C(=O)c1ccccc1[C]=O. The van der Waals surface area contributed by atoms with Crippen molar-refractivity contribution in [3.63, 3.8) is 0 Å². The molecular formula is C21H21O5. The minimum atomic E-state index is -0.850. The first-order valence-corrected chi connectivity index (χ1v) is 8.63. The first-order valence-electron chi connectivity index (χ1n) is 8.63. The zero-order valence-corrected chi connectivity index (χ0v) is 14.7. The molecule has 0 aliphatic rings. The average Bonchev–Trinajstić information content (AvgIpc) is 2.67. The molecule has 0 saturated carbocycles. The number of para-hydroxylation sites is 1. The molecule has 2 aromatic rings. The van der Waals surface area contributed by atoms with Gasteiger partial charge in [0, 0.05) is 11.1 Å². The van der Waals surface area contributed by atoms with E-state index in [0.29, 0.717) is 0 Å². The van der Waals surface area contributed by atoms with Crippen LogP contribution in [0.5, 0.6) is 5.75 Å². The van der Waals surface area contributed by atoms with E-state index in [4.69, 9.17) is 9.47 Å². The minimum absolute atomic E-state index is 0.0942. The summed E-state index contributed by atoms with van der Waals surface area (Å²) in [5.74, 6) is -0.327. The highest BCUT2D eigenvalue weighted by Crippen LogP contribution is 2.23. The second kappa shape index (κ2) is 10.1. The Hall–Kier alpha value is -2.95. The summed E-state index contributed by atoms with van der Waals surface area (Å²) in [6, 6.07) is 12.7. The zero-order valence-electron chi connectivity index (χ0n) is 14.7. The molecule has 0 heterocycles. The van der Waals surface area contributed by atoms with Crippen molar-refractivity contribution in [1.29, 1.82) is 0 Å². The fraction of sp³-hybridized carbons (Fsp3) is 0.286. The molecular weight excluding hydrogens is 332 g/mol. The van der Waals surface area contributed by atoms with Gasteiger partial charge < -0.3 is 9.47 Å². The standard InChI is InChI=1S/C21H21O5/c1-2-3-4-9-14-25-21(24)26-19-13-8-7-12-18(19)20(23)17-11-6-5-10-16(17)15-22/h5-8,10-13H,2-4,9,14H2,1H3. The maximum Gasteiger partial charge on any atom is 0.513 e. The smallest absolute Gasteiger partial charge is 0.434 e. The molecule has 0 amide bonds. The number of ether oxygens (including phenoxy) is 2. The molecule has 0 saturated heterocycles. The third-order valence-electron chi connectivity index (χ3n) is 3.82. The van der Waals surface area contributed by atoms with Crippen molar-refractivity contribution < 1.29 is 23.9 Å². The van der Waals surface area contributed by atoms with E-state index in [9.17, 15) is 14.4 Å². The highest BCUT2D eigenvalue weighted by atomic mass is 16.7. The van der Waals surface area contributed by atoms with E-state index in [1.54, 1.807) is 30.6 Å². The van der Waals surface area contributed by atoms with Gasteiger partial charge in [0.2, 0.25) is 6.29 Å². The zero-order chi connectivity index (χ0) is 18.8. The van der Waals surface area contributed by atoms with Crippen LogP contribution < -0.4 is 4.74 Å². The number of carbonyl (C=O) groups is 2. The van der Waals surface area contributed by atoms with Crippen molar-refractivity contribution >= 4 is 18.2 Å². The van der Waals surface area contributed by atoms with E-state index < -0.39 is 11.9 Å². The molecule has 0 fully saturated rings. The van der Waals surface area contributed by atoms with Crippen LogP contribution in [0.15, 0.2) is 48.5 Å². The number of hydrogen-bond acceptors (Lipinski definition) is 5. The summed E-state index contributed by atoms with van der Waals surface area (Å²) in [7, 11) is 0. The van der Waals surface area contributed by atoms with Crippen LogP contribution in [-0.4, -0.2) is 24.8 Å². The summed E-state index contributed by atoms with van der Waals surface area (Å²) in [5, 5.41) is 0. The van der Waals surface area contributed by atoms with Gasteiger partial charge in [-0.2, -0.15) is 0 Å². The highest BCUT2D eigenvalue weighted by Gasteiger charge is 2.19. The topological polar surface area (TPSA) is 69.7 Å². The molecule has 0 N–H and O–H groups in total. The molecule has 26 heavy (non-hydrogen) atoms. The molecule has 5 nitrogen and oxygen atoms in total. The Labute approximate surface area is 152 Å². The van der Waals surface area contributed by atoms with Crippen LogP contribution in [0.2, 0.25) is 0 Å². The normalized spacial score (nSPS) is 10.2. The van der Waals surface area contributed by atoms with E-state index in [0.717, 1.165) is 25.7 Å². The first kappa shape index (κ1) is 19.4. The third-order valence-corrected chi connectivity index (χ3v) is 3.82. The fourth-order valence-corrected chi connectivity index (χ4v) is 2.46. The molecule has 0 atom stereocenters. The molecule has 0 aliphatic carbocycles. The van der Waals surface area contributed by atoms with Crippen LogP contribution in [0.3, 0.4) is 0 Å². The molecule has 0 spiro atoms. The van der Waals surface area contributed by atoms with Gasteiger partial charge in [-0.05, 0) is 18.6 Å². The molecule has 0 bridgehead atoms. The van der Waals surface area contributed by atoms with E-state index in [2.05, 4.69) is 6.92 Å². The van der Waals surface area contributed by atoms with Gasteiger partial charge in [0.25, 0.3) is 0 Å². The lowest BCUT2D eigenvalue weighted by molar-refractivity contribution is 0.0957. The summed E-state index contributed by atoms with van der Waals surface area (Å²) in [4.78, 5) is 35.6. The quantitative estimate of drug-likeness (QED) is 0.288. The monoisotopic (exact) mass is 353 g/mol.